The highest BCUT2D eigenvalue weighted by atomic mass is 16.2. The van der Waals surface area contributed by atoms with Crippen molar-refractivity contribution in [1.29, 1.82) is 0 Å². The molecule has 0 saturated carbocycles. The van der Waals surface area contributed by atoms with E-state index in [1.807, 2.05) is 36.4 Å². The summed E-state index contributed by atoms with van der Waals surface area (Å²) in [7, 11) is 0. The second-order valence-electron chi connectivity index (χ2n) is 5.21. The van der Waals surface area contributed by atoms with E-state index in [-0.39, 0.29) is 17.7 Å². The zero-order valence-corrected chi connectivity index (χ0v) is 12.8. The van der Waals surface area contributed by atoms with E-state index in [0.29, 0.717) is 12.1 Å². The molecule has 4 heteroatoms. The fraction of sp³-hybridized carbons (Fsp3) is 0.222. The fourth-order valence-electron chi connectivity index (χ4n) is 2.08. The first-order chi connectivity index (χ1) is 10.6. The third kappa shape index (κ3) is 4.45. The molecular formula is C18H20N2O2. The molecule has 0 fully saturated rings. The Kier molecular flexibility index (Phi) is 5.31. The maximum Gasteiger partial charge on any atom is 0.242 e. The van der Waals surface area contributed by atoms with Crippen LogP contribution in [-0.2, 0) is 11.3 Å². The average molecular weight is 296 g/mol. The first kappa shape index (κ1) is 15.8. The third-order valence-corrected chi connectivity index (χ3v) is 3.36. The molecule has 0 heterocycles. The molecule has 0 aliphatic rings. The molecule has 4 nitrogen and oxygen atoms in total. The van der Waals surface area contributed by atoms with Crippen molar-refractivity contribution in [2.75, 3.05) is 5.32 Å². The monoisotopic (exact) mass is 296 g/mol. The lowest BCUT2D eigenvalue weighted by Crippen LogP contribution is -2.37. The Labute approximate surface area is 130 Å². The van der Waals surface area contributed by atoms with Crippen LogP contribution < -0.4 is 10.6 Å². The molecule has 0 spiro atoms. The van der Waals surface area contributed by atoms with E-state index >= 15 is 0 Å². The van der Waals surface area contributed by atoms with E-state index in [1.165, 1.54) is 6.92 Å². The van der Waals surface area contributed by atoms with Crippen LogP contribution in [0, 0.1) is 0 Å². The quantitative estimate of drug-likeness (QED) is 0.806. The van der Waals surface area contributed by atoms with E-state index in [9.17, 15) is 9.59 Å². The smallest absolute Gasteiger partial charge is 0.242 e. The lowest BCUT2D eigenvalue weighted by Gasteiger charge is -2.15. The first-order valence-corrected chi connectivity index (χ1v) is 7.25. The minimum absolute atomic E-state index is 0.00447. The van der Waals surface area contributed by atoms with Gasteiger partial charge in [0.15, 0.2) is 5.78 Å². The van der Waals surface area contributed by atoms with E-state index in [1.54, 1.807) is 25.1 Å². The van der Waals surface area contributed by atoms with Crippen LogP contribution in [0.2, 0.25) is 0 Å². The van der Waals surface area contributed by atoms with Crippen molar-refractivity contribution in [2.45, 2.75) is 26.4 Å². The molecule has 1 amide bonds. The van der Waals surface area contributed by atoms with Gasteiger partial charge in [-0.1, -0.05) is 42.5 Å². The number of nitrogens with one attached hydrogen (secondary N) is 2. The second-order valence-corrected chi connectivity index (χ2v) is 5.21. The molecule has 0 aliphatic heterocycles. The molecule has 2 rings (SSSR count). The Balaban J connectivity index is 1.91. The van der Waals surface area contributed by atoms with Gasteiger partial charge in [0.05, 0.1) is 0 Å². The highest BCUT2D eigenvalue weighted by Crippen LogP contribution is 2.12. The predicted molar refractivity (Wildman–Crippen MR) is 87.8 cm³/mol. The number of Topliss-reactive ketones (excluding diaryl/α,β-unsaturated/α-hetero) is 1. The number of hydrogen-bond acceptors (Lipinski definition) is 3. The number of amides is 1. The number of carbonyl (C=O) groups is 2. The van der Waals surface area contributed by atoms with Gasteiger partial charge in [-0.15, -0.1) is 0 Å². The molecule has 114 valence electrons. The van der Waals surface area contributed by atoms with Gasteiger partial charge in [-0.25, -0.2) is 0 Å². The van der Waals surface area contributed by atoms with Gasteiger partial charge in [-0.2, -0.15) is 0 Å². The molecule has 2 N–H and O–H groups in total. The normalized spacial score (nSPS) is 11.5. The topological polar surface area (TPSA) is 58.2 Å². The van der Waals surface area contributed by atoms with Gasteiger partial charge in [0.1, 0.15) is 6.04 Å². The van der Waals surface area contributed by atoms with Crippen LogP contribution in [0.25, 0.3) is 0 Å². The number of ketones is 1. The van der Waals surface area contributed by atoms with Gasteiger partial charge in [-0.3, -0.25) is 9.59 Å². The largest absolute Gasteiger partial charge is 0.374 e. The third-order valence-electron chi connectivity index (χ3n) is 3.36. The van der Waals surface area contributed by atoms with Gasteiger partial charge in [-0.05, 0) is 31.5 Å². The lowest BCUT2D eigenvalue weighted by atomic mass is 10.1. The number of benzene rings is 2. The number of hydrogen-bond donors (Lipinski definition) is 2. The molecule has 0 radical (unpaired) electrons. The summed E-state index contributed by atoms with van der Waals surface area (Å²) in [4.78, 5) is 23.5. The summed E-state index contributed by atoms with van der Waals surface area (Å²) in [5.41, 5.74) is 2.44. The average Bonchev–Trinajstić information content (AvgIpc) is 2.53. The Bertz CT molecular complexity index is 653. The summed E-state index contributed by atoms with van der Waals surface area (Å²) in [6, 6.07) is 16.5. The zero-order valence-electron chi connectivity index (χ0n) is 12.8. The van der Waals surface area contributed by atoms with Crippen LogP contribution in [0.1, 0.15) is 29.8 Å². The highest BCUT2D eigenvalue weighted by molar-refractivity contribution is 5.95. The summed E-state index contributed by atoms with van der Waals surface area (Å²) in [6.07, 6.45) is 0. The molecule has 22 heavy (non-hydrogen) atoms. The van der Waals surface area contributed by atoms with Crippen LogP contribution in [0.3, 0.4) is 0 Å². The van der Waals surface area contributed by atoms with Crippen molar-refractivity contribution in [1.82, 2.24) is 5.32 Å². The fourth-order valence-corrected chi connectivity index (χ4v) is 2.08. The molecule has 0 saturated heterocycles. The molecule has 0 aliphatic carbocycles. The Hall–Kier alpha value is -2.62. The first-order valence-electron chi connectivity index (χ1n) is 7.25. The number of rotatable bonds is 6. The summed E-state index contributed by atoms with van der Waals surface area (Å²) >= 11 is 0. The van der Waals surface area contributed by atoms with Crippen molar-refractivity contribution in [3.05, 3.63) is 65.7 Å². The minimum atomic E-state index is -0.383. The van der Waals surface area contributed by atoms with Crippen LogP contribution in [0.15, 0.2) is 54.6 Å². The predicted octanol–water partition coefficient (Wildman–Crippen LogP) is 3.01. The summed E-state index contributed by atoms with van der Waals surface area (Å²) in [5.74, 6) is -0.0816. The van der Waals surface area contributed by atoms with E-state index in [0.717, 1.165) is 11.3 Å². The van der Waals surface area contributed by atoms with Gasteiger partial charge >= 0.3 is 0 Å². The Morgan fingerprint density at radius 3 is 2.45 bits per heavy atom. The van der Waals surface area contributed by atoms with Crippen LogP contribution >= 0.6 is 0 Å². The van der Waals surface area contributed by atoms with Crippen LogP contribution in [-0.4, -0.2) is 17.7 Å². The number of carbonyl (C=O) groups excluding carboxylic acids is 2. The van der Waals surface area contributed by atoms with Crippen molar-refractivity contribution in [3.8, 4) is 0 Å². The highest BCUT2D eigenvalue weighted by Gasteiger charge is 2.12. The molecule has 2 aromatic carbocycles. The molecule has 1 atom stereocenters. The molecule has 0 bridgehead atoms. The van der Waals surface area contributed by atoms with Crippen molar-refractivity contribution in [3.63, 3.8) is 0 Å². The van der Waals surface area contributed by atoms with Crippen molar-refractivity contribution >= 4 is 17.4 Å². The summed E-state index contributed by atoms with van der Waals surface area (Å²) < 4.78 is 0. The molecule has 0 unspecified atom stereocenters. The van der Waals surface area contributed by atoms with E-state index in [2.05, 4.69) is 10.6 Å². The maximum atomic E-state index is 12.1. The van der Waals surface area contributed by atoms with Gasteiger partial charge in [0.2, 0.25) is 5.91 Å². The zero-order chi connectivity index (χ0) is 15.9. The van der Waals surface area contributed by atoms with Gasteiger partial charge < -0.3 is 10.6 Å². The lowest BCUT2D eigenvalue weighted by molar-refractivity contribution is -0.121. The summed E-state index contributed by atoms with van der Waals surface area (Å²) in [5, 5.41) is 6.00. The Morgan fingerprint density at radius 2 is 1.77 bits per heavy atom. The van der Waals surface area contributed by atoms with Crippen LogP contribution in [0.5, 0.6) is 0 Å². The van der Waals surface area contributed by atoms with Gasteiger partial charge in [0.25, 0.3) is 0 Å². The SMILES string of the molecule is CC(=O)c1cccc(N[C@H](C)C(=O)NCc2ccccc2)c1. The maximum absolute atomic E-state index is 12.1. The standard InChI is InChI=1S/C18H20N2O2/c1-13(18(22)19-12-15-7-4-3-5-8-15)20-17-10-6-9-16(11-17)14(2)21/h3-11,13,20H,12H2,1-2H3,(H,19,22)/t13-/m1/s1. The number of anilines is 1. The Morgan fingerprint density at radius 1 is 1.05 bits per heavy atom. The minimum Gasteiger partial charge on any atom is -0.374 e. The van der Waals surface area contributed by atoms with Crippen LogP contribution in [0.4, 0.5) is 5.69 Å². The van der Waals surface area contributed by atoms with Crippen molar-refractivity contribution < 1.29 is 9.59 Å². The van der Waals surface area contributed by atoms with Gasteiger partial charge in [0, 0.05) is 17.8 Å². The second kappa shape index (κ2) is 7.41. The van der Waals surface area contributed by atoms with E-state index in [4.69, 9.17) is 0 Å². The molecule has 0 aromatic heterocycles. The summed E-state index contributed by atoms with van der Waals surface area (Å²) in [6.45, 7) is 3.81. The van der Waals surface area contributed by atoms with Crippen molar-refractivity contribution in [2.24, 2.45) is 0 Å². The molecule has 2 aromatic rings. The molecular weight excluding hydrogens is 276 g/mol. The van der Waals surface area contributed by atoms with E-state index < -0.39 is 0 Å².